The molecule has 5 nitrogen and oxygen atoms in total. The Kier molecular flexibility index (Phi) is 9.28. The first-order valence-electron chi connectivity index (χ1n) is 6.60. The maximum absolute atomic E-state index is 5.54. The Bertz CT molecular complexity index is 390. The van der Waals surface area contributed by atoms with Gasteiger partial charge in [0.2, 0.25) is 0 Å². The first-order chi connectivity index (χ1) is 9.01. The van der Waals surface area contributed by atoms with Gasteiger partial charge in [0, 0.05) is 18.3 Å². The molecular weight excluding hydrogens is 367 g/mol. The fourth-order valence-electron chi connectivity index (χ4n) is 1.42. The monoisotopic (exact) mass is 392 g/mol. The molecule has 1 aromatic heterocycles. The van der Waals surface area contributed by atoms with Gasteiger partial charge >= 0.3 is 0 Å². The van der Waals surface area contributed by atoms with Crippen LogP contribution < -0.4 is 15.4 Å². The molecule has 1 rings (SSSR count). The predicted octanol–water partition coefficient (Wildman–Crippen LogP) is 2.43. The number of nitrogens with zero attached hydrogens (tertiary/aromatic N) is 2. The van der Waals surface area contributed by atoms with Gasteiger partial charge in [-0.15, -0.1) is 24.0 Å². The molecule has 20 heavy (non-hydrogen) atoms. The summed E-state index contributed by atoms with van der Waals surface area (Å²) >= 11 is 0. The first kappa shape index (κ1) is 18.9. The Hall–Kier alpha value is -1.05. The second kappa shape index (κ2) is 9.79. The number of nitrogens with one attached hydrogen (secondary N) is 2. The first-order valence-corrected chi connectivity index (χ1v) is 6.60. The van der Waals surface area contributed by atoms with Crippen LogP contribution in [-0.4, -0.2) is 36.2 Å². The number of aliphatic imine (C=N–C) groups is 1. The molecule has 0 aliphatic heterocycles. The fourth-order valence-corrected chi connectivity index (χ4v) is 1.42. The number of aromatic nitrogens is 1. The van der Waals surface area contributed by atoms with Crippen molar-refractivity contribution in [2.24, 2.45) is 4.99 Å². The SMILES string of the molecule is CCNC(=NCCOc1cccnc1)NC(C)(C)C.I. The summed E-state index contributed by atoms with van der Waals surface area (Å²) < 4.78 is 5.54. The fraction of sp³-hybridized carbons (Fsp3) is 0.571. The zero-order chi connectivity index (χ0) is 14.1. The molecule has 0 aromatic carbocycles. The van der Waals surface area contributed by atoms with E-state index < -0.39 is 0 Å². The van der Waals surface area contributed by atoms with Gasteiger partial charge in [-0.3, -0.25) is 4.98 Å². The van der Waals surface area contributed by atoms with Crippen LogP contribution in [0.5, 0.6) is 5.75 Å². The van der Waals surface area contributed by atoms with E-state index in [0.717, 1.165) is 18.3 Å². The standard InChI is InChI=1S/C14H24N4O.HI/c1-5-16-13(18-14(2,3)4)17-9-10-19-12-7-6-8-15-11-12;/h6-8,11H,5,9-10H2,1-4H3,(H2,16,17,18);1H. The summed E-state index contributed by atoms with van der Waals surface area (Å²) in [5.41, 5.74) is -0.00872. The lowest BCUT2D eigenvalue weighted by molar-refractivity contribution is 0.327. The molecule has 6 heteroatoms. The quantitative estimate of drug-likeness (QED) is 0.350. The minimum absolute atomic E-state index is 0. The number of ether oxygens (including phenoxy) is 1. The second-order valence-electron chi connectivity index (χ2n) is 5.17. The van der Waals surface area contributed by atoms with E-state index in [2.05, 4.69) is 41.4 Å². The lowest BCUT2D eigenvalue weighted by Crippen LogP contribution is -2.47. The van der Waals surface area contributed by atoms with Gasteiger partial charge in [0.1, 0.15) is 12.4 Å². The second-order valence-corrected chi connectivity index (χ2v) is 5.17. The van der Waals surface area contributed by atoms with E-state index in [1.165, 1.54) is 0 Å². The number of guanidine groups is 1. The van der Waals surface area contributed by atoms with Crippen molar-refractivity contribution in [3.8, 4) is 5.75 Å². The molecule has 0 radical (unpaired) electrons. The van der Waals surface area contributed by atoms with Gasteiger partial charge in [0.05, 0.1) is 12.7 Å². The van der Waals surface area contributed by atoms with Crippen molar-refractivity contribution < 1.29 is 4.74 Å². The molecule has 0 amide bonds. The average molecular weight is 392 g/mol. The minimum Gasteiger partial charge on any atom is -0.490 e. The van der Waals surface area contributed by atoms with Crippen molar-refractivity contribution in [2.75, 3.05) is 19.7 Å². The van der Waals surface area contributed by atoms with E-state index in [9.17, 15) is 0 Å². The molecule has 1 heterocycles. The summed E-state index contributed by atoms with van der Waals surface area (Å²) in [4.78, 5) is 8.45. The zero-order valence-electron chi connectivity index (χ0n) is 12.6. The van der Waals surface area contributed by atoms with Crippen molar-refractivity contribution in [2.45, 2.75) is 33.2 Å². The summed E-state index contributed by atoms with van der Waals surface area (Å²) in [5.74, 6) is 1.58. The lowest BCUT2D eigenvalue weighted by Gasteiger charge is -2.23. The van der Waals surface area contributed by atoms with Gasteiger partial charge in [-0.2, -0.15) is 0 Å². The molecule has 0 saturated heterocycles. The van der Waals surface area contributed by atoms with Crippen LogP contribution in [0.4, 0.5) is 0 Å². The maximum Gasteiger partial charge on any atom is 0.191 e. The highest BCUT2D eigenvalue weighted by atomic mass is 127. The van der Waals surface area contributed by atoms with E-state index in [-0.39, 0.29) is 29.5 Å². The van der Waals surface area contributed by atoms with Gasteiger partial charge in [0.15, 0.2) is 5.96 Å². The highest BCUT2D eigenvalue weighted by Crippen LogP contribution is 2.05. The van der Waals surface area contributed by atoms with Crippen LogP contribution in [-0.2, 0) is 0 Å². The molecule has 0 atom stereocenters. The number of pyridine rings is 1. The highest BCUT2D eigenvalue weighted by Gasteiger charge is 2.11. The van der Waals surface area contributed by atoms with Crippen LogP contribution in [0.2, 0.25) is 0 Å². The molecule has 114 valence electrons. The molecule has 0 aliphatic rings. The van der Waals surface area contributed by atoms with Crippen molar-refractivity contribution in [1.29, 1.82) is 0 Å². The van der Waals surface area contributed by atoms with E-state index in [4.69, 9.17) is 4.74 Å². The van der Waals surface area contributed by atoms with Gasteiger partial charge < -0.3 is 15.4 Å². The van der Waals surface area contributed by atoms with E-state index in [0.29, 0.717) is 13.2 Å². The van der Waals surface area contributed by atoms with Crippen LogP contribution in [0.25, 0.3) is 0 Å². The average Bonchev–Trinajstić information content (AvgIpc) is 2.34. The summed E-state index contributed by atoms with van der Waals surface area (Å²) in [6.07, 6.45) is 3.42. The van der Waals surface area contributed by atoms with Crippen molar-refractivity contribution in [3.05, 3.63) is 24.5 Å². The van der Waals surface area contributed by atoms with E-state index in [1.54, 1.807) is 12.4 Å². The highest BCUT2D eigenvalue weighted by molar-refractivity contribution is 14.0. The Labute approximate surface area is 138 Å². The topological polar surface area (TPSA) is 58.5 Å². The van der Waals surface area contributed by atoms with Crippen molar-refractivity contribution in [1.82, 2.24) is 15.6 Å². The van der Waals surface area contributed by atoms with Gasteiger partial charge in [-0.1, -0.05) is 0 Å². The zero-order valence-corrected chi connectivity index (χ0v) is 15.0. The summed E-state index contributed by atoms with van der Waals surface area (Å²) in [6, 6.07) is 3.74. The number of halogens is 1. The van der Waals surface area contributed by atoms with Gasteiger partial charge in [0.25, 0.3) is 0 Å². The molecular formula is C14H25IN4O. The van der Waals surface area contributed by atoms with Gasteiger partial charge in [-0.05, 0) is 39.8 Å². The van der Waals surface area contributed by atoms with Crippen molar-refractivity contribution >= 4 is 29.9 Å². The molecule has 0 spiro atoms. The summed E-state index contributed by atoms with van der Waals surface area (Å²) in [5, 5.41) is 6.54. The largest absolute Gasteiger partial charge is 0.490 e. The molecule has 0 aliphatic carbocycles. The van der Waals surface area contributed by atoms with Crippen LogP contribution in [0.15, 0.2) is 29.5 Å². The Morgan fingerprint density at radius 1 is 1.40 bits per heavy atom. The Morgan fingerprint density at radius 2 is 2.15 bits per heavy atom. The number of hydrogen-bond donors (Lipinski definition) is 2. The van der Waals surface area contributed by atoms with Crippen LogP contribution in [0.3, 0.4) is 0 Å². The van der Waals surface area contributed by atoms with E-state index >= 15 is 0 Å². The Morgan fingerprint density at radius 3 is 2.70 bits per heavy atom. The molecule has 0 unspecified atom stereocenters. The van der Waals surface area contributed by atoms with Crippen LogP contribution in [0.1, 0.15) is 27.7 Å². The smallest absolute Gasteiger partial charge is 0.191 e. The normalized spacial score (nSPS) is 11.5. The number of rotatable bonds is 5. The van der Waals surface area contributed by atoms with Crippen molar-refractivity contribution in [3.63, 3.8) is 0 Å². The molecule has 1 aromatic rings. The maximum atomic E-state index is 5.54. The minimum atomic E-state index is -0.00872. The van der Waals surface area contributed by atoms with E-state index in [1.807, 2.05) is 19.1 Å². The third-order valence-corrected chi connectivity index (χ3v) is 2.10. The molecule has 0 bridgehead atoms. The summed E-state index contributed by atoms with van der Waals surface area (Å²) in [7, 11) is 0. The summed E-state index contributed by atoms with van der Waals surface area (Å²) in [6.45, 7) is 10.3. The molecule has 2 N–H and O–H groups in total. The predicted molar refractivity (Wildman–Crippen MR) is 94.0 cm³/mol. The third-order valence-electron chi connectivity index (χ3n) is 2.10. The number of hydrogen-bond acceptors (Lipinski definition) is 3. The molecule has 0 saturated carbocycles. The van der Waals surface area contributed by atoms with Gasteiger partial charge in [-0.25, -0.2) is 4.99 Å². The van der Waals surface area contributed by atoms with Crippen LogP contribution in [0, 0.1) is 0 Å². The van der Waals surface area contributed by atoms with Crippen LogP contribution >= 0.6 is 24.0 Å². The Balaban J connectivity index is 0.00000361. The molecule has 0 fully saturated rings. The third kappa shape index (κ3) is 8.95. The lowest BCUT2D eigenvalue weighted by atomic mass is 10.1.